The molecule has 0 radical (unpaired) electrons. The number of nitriles is 1. The summed E-state index contributed by atoms with van der Waals surface area (Å²) in [6, 6.07) is 7.13. The van der Waals surface area contributed by atoms with Crippen molar-refractivity contribution in [3.63, 3.8) is 0 Å². The number of pyridine rings is 3. The third-order valence-electron chi connectivity index (χ3n) is 4.54. The van der Waals surface area contributed by atoms with Crippen molar-refractivity contribution < 1.29 is 5.82 Å². The number of aromatic nitrogens is 3. The zero-order chi connectivity index (χ0) is 22.2. The van der Waals surface area contributed by atoms with E-state index in [9.17, 15) is 5.26 Å². The van der Waals surface area contributed by atoms with Crippen LogP contribution < -0.4 is 5.32 Å². The lowest BCUT2D eigenvalue weighted by Crippen LogP contribution is -2.06. The first kappa shape index (κ1) is 21.5. The molecule has 1 N–H and O–H groups in total. The van der Waals surface area contributed by atoms with E-state index in [4.69, 9.17) is 0 Å². The maximum absolute atomic E-state index is 15.1. The van der Waals surface area contributed by atoms with Crippen LogP contribution in [-0.2, 0) is 6.54 Å². The number of hydrogen-bond acceptors (Lipinski definition) is 6. The summed E-state index contributed by atoms with van der Waals surface area (Å²) in [6.45, 7) is 9.52. The van der Waals surface area contributed by atoms with Crippen LogP contribution in [0, 0.1) is 17.1 Å². The van der Waals surface area contributed by atoms with Crippen LogP contribution in [0.2, 0.25) is 0 Å². The molecule has 31 heavy (non-hydrogen) atoms. The molecule has 3 aromatic heterocycles. The summed E-state index contributed by atoms with van der Waals surface area (Å²) < 4.78 is 15.1. The van der Waals surface area contributed by atoms with Crippen LogP contribution >= 0.6 is 0 Å². The molecule has 0 atom stereocenters. The maximum Gasteiger partial charge on any atom is 0.174 e. The molecule has 0 aliphatic carbocycles. The molecule has 156 valence electrons. The van der Waals surface area contributed by atoms with Crippen molar-refractivity contribution in [2.45, 2.75) is 19.9 Å². The molecule has 0 aliphatic heterocycles. The Hall–Kier alpha value is -4.18. The standard InChI is InChI=1S/C24H21FN6.H2/c1-4-6-7-20-18(12-26)10-16(13-29-20)14-31-24-23(25)19(8-9-28-24)21-11-17(5-2)22(27-3)15-30-21;/h5-11,13,15H,2-4,14H2,1H3,(H,28,31);1H/b7-6+;. The van der Waals surface area contributed by atoms with Gasteiger partial charge in [-0.25, -0.2) is 9.37 Å². The maximum atomic E-state index is 15.1. The van der Waals surface area contributed by atoms with Gasteiger partial charge in [0.1, 0.15) is 6.07 Å². The van der Waals surface area contributed by atoms with Crippen molar-refractivity contribution in [2.75, 3.05) is 5.32 Å². The summed E-state index contributed by atoms with van der Waals surface area (Å²) in [6.07, 6.45) is 10.9. The molecule has 3 aromatic rings. The van der Waals surface area contributed by atoms with Crippen molar-refractivity contribution in [1.82, 2.24) is 15.0 Å². The Morgan fingerprint density at radius 3 is 2.84 bits per heavy atom. The van der Waals surface area contributed by atoms with Crippen LogP contribution in [-0.4, -0.2) is 21.7 Å². The van der Waals surface area contributed by atoms with E-state index in [1.165, 1.54) is 12.4 Å². The molecule has 0 spiro atoms. The lowest BCUT2D eigenvalue weighted by molar-refractivity contribution is 0.627. The second-order valence-electron chi connectivity index (χ2n) is 6.56. The smallest absolute Gasteiger partial charge is 0.174 e. The highest BCUT2D eigenvalue weighted by atomic mass is 19.1. The van der Waals surface area contributed by atoms with Gasteiger partial charge < -0.3 is 5.32 Å². The van der Waals surface area contributed by atoms with Crippen LogP contribution in [0.1, 0.15) is 37.2 Å². The summed E-state index contributed by atoms with van der Waals surface area (Å²) in [5, 5.41) is 12.3. The van der Waals surface area contributed by atoms with Gasteiger partial charge in [0.2, 0.25) is 0 Å². The minimum Gasteiger partial charge on any atom is -0.363 e. The Kier molecular flexibility index (Phi) is 6.97. The van der Waals surface area contributed by atoms with E-state index in [0.717, 1.165) is 12.0 Å². The number of nitrogens with one attached hydrogen (secondary N) is 1. The number of anilines is 1. The normalized spacial score (nSPS) is 10.6. The molecule has 7 heteroatoms. The average molecular weight is 414 g/mol. The van der Waals surface area contributed by atoms with Gasteiger partial charge in [0.25, 0.3) is 0 Å². The third-order valence-corrected chi connectivity index (χ3v) is 4.54. The van der Waals surface area contributed by atoms with E-state index in [2.05, 4.69) is 44.6 Å². The minimum absolute atomic E-state index is 0. The molecule has 0 saturated heterocycles. The van der Waals surface area contributed by atoms with Crippen LogP contribution in [0.5, 0.6) is 0 Å². The van der Waals surface area contributed by atoms with Gasteiger partial charge >= 0.3 is 0 Å². The lowest BCUT2D eigenvalue weighted by Gasteiger charge is -2.11. The number of nitrogens with zero attached hydrogens (tertiary/aromatic N) is 5. The van der Waals surface area contributed by atoms with Crippen LogP contribution in [0.15, 0.2) is 54.4 Å². The van der Waals surface area contributed by atoms with Crippen LogP contribution in [0.4, 0.5) is 15.9 Å². The van der Waals surface area contributed by atoms with Crippen molar-refractivity contribution >= 4 is 30.4 Å². The van der Waals surface area contributed by atoms with E-state index in [1.54, 1.807) is 30.5 Å². The Morgan fingerprint density at radius 1 is 1.29 bits per heavy atom. The molecule has 6 nitrogen and oxygen atoms in total. The highest BCUT2D eigenvalue weighted by molar-refractivity contribution is 5.72. The van der Waals surface area contributed by atoms with Gasteiger partial charge in [0.05, 0.1) is 28.8 Å². The minimum atomic E-state index is -0.528. The van der Waals surface area contributed by atoms with Crippen molar-refractivity contribution in [3.05, 3.63) is 77.6 Å². The Labute approximate surface area is 182 Å². The fourth-order valence-electron chi connectivity index (χ4n) is 2.92. The number of halogens is 1. The molecular weight excluding hydrogens is 391 g/mol. The number of aliphatic imine (C=N–C) groups is 1. The van der Waals surface area contributed by atoms with Crippen molar-refractivity contribution in [2.24, 2.45) is 4.99 Å². The second kappa shape index (κ2) is 10.0. The Morgan fingerprint density at radius 2 is 2.13 bits per heavy atom. The van der Waals surface area contributed by atoms with Gasteiger partial charge in [-0.3, -0.25) is 15.0 Å². The van der Waals surface area contributed by atoms with E-state index >= 15 is 4.39 Å². The lowest BCUT2D eigenvalue weighted by atomic mass is 10.1. The molecule has 0 saturated carbocycles. The predicted molar refractivity (Wildman–Crippen MR) is 124 cm³/mol. The van der Waals surface area contributed by atoms with E-state index in [-0.39, 0.29) is 13.8 Å². The van der Waals surface area contributed by atoms with Gasteiger partial charge in [0.15, 0.2) is 11.6 Å². The van der Waals surface area contributed by atoms with E-state index < -0.39 is 5.82 Å². The largest absolute Gasteiger partial charge is 0.363 e. The molecule has 0 bridgehead atoms. The zero-order valence-corrected chi connectivity index (χ0v) is 17.1. The van der Waals surface area contributed by atoms with Gasteiger partial charge in [-0.05, 0) is 43.0 Å². The summed E-state index contributed by atoms with van der Waals surface area (Å²) >= 11 is 0. The van der Waals surface area contributed by atoms with Gasteiger partial charge in [-0.15, -0.1) is 0 Å². The number of rotatable bonds is 8. The SMILES string of the molecule is C=Cc1cc(-c2ccnc(NCc3cnc(/C=C/CC)c(C#N)c3)c2F)ncc1N=C.[HH]. The van der Waals surface area contributed by atoms with E-state index in [1.807, 2.05) is 19.1 Å². The van der Waals surface area contributed by atoms with Gasteiger partial charge in [-0.2, -0.15) is 5.26 Å². The fraction of sp³-hybridized carbons (Fsp3) is 0.125. The Balaban J connectivity index is 0.00000363. The average Bonchev–Trinajstić information content (AvgIpc) is 2.81. The molecule has 0 amide bonds. The van der Waals surface area contributed by atoms with E-state index in [0.29, 0.717) is 33.8 Å². The number of hydrogen-bond donors (Lipinski definition) is 1. The van der Waals surface area contributed by atoms with Crippen LogP contribution in [0.25, 0.3) is 23.4 Å². The monoisotopic (exact) mass is 414 g/mol. The Bertz CT molecular complexity index is 1200. The molecule has 0 unspecified atom stereocenters. The first-order valence-electron chi connectivity index (χ1n) is 9.64. The molecule has 3 rings (SSSR count). The highest BCUT2D eigenvalue weighted by Gasteiger charge is 2.14. The molecule has 0 fully saturated rings. The number of allylic oxidation sites excluding steroid dienone is 1. The predicted octanol–water partition coefficient (Wildman–Crippen LogP) is 5.81. The van der Waals surface area contributed by atoms with Gasteiger partial charge in [0, 0.05) is 31.5 Å². The molecule has 3 heterocycles. The molecule has 0 aromatic carbocycles. The zero-order valence-electron chi connectivity index (χ0n) is 17.1. The first-order valence-corrected chi connectivity index (χ1v) is 9.64. The quantitative estimate of drug-likeness (QED) is 0.470. The second-order valence-corrected chi connectivity index (χ2v) is 6.56. The first-order chi connectivity index (χ1) is 15.1. The molecule has 0 aliphatic rings. The van der Waals surface area contributed by atoms with Crippen molar-refractivity contribution in [3.8, 4) is 17.3 Å². The summed E-state index contributed by atoms with van der Waals surface area (Å²) in [5.74, 6) is -0.445. The molecular formula is C24H23FN6. The fourth-order valence-corrected chi connectivity index (χ4v) is 2.92. The highest BCUT2D eigenvalue weighted by Crippen LogP contribution is 2.29. The summed E-state index contributed by atoms with van der Waals surface area (Å²) in [5.41, 5.74) is 3.83. The van der Waals surface area contributed by atoms with Crippen molar-refractivity contribution in [1.29, 1.82) is 5.26 Å². The van der Waals surface area contributed by atoms with Gasteiger partial charge in [-0.1, -0.05) is 25.7 Å². The summed E-state index contributed by atoms with van der Waals surface area (Å²) in [7, 11) is 0. The van der Waals surface area contributed by atoms with Crippen LogP contribution in [0.3, 0.4) is 0 Å². The summed E-state index contributed by atoms with van der Waals surface area (Å²) in [4.78, 5) is 16.6. The third kappa shape index (κ3) is 4.87. The topological polar surface area (TPSA) is 86.9 Å².